The van der Waals surface area contributed by atoms with Crippen molar-refractivity contribution >= 4 is 5.97 Å². The molecule has 0 aromatic rings. The number of esters is 1. The number of hydrogen-bond donors (Lipinski definition) is 1. The first-order valence-corrected chi connectivity index (χ1v) is 4.40. The summed E-state index contributed by atoms with van der Waals surface area (Å²) in [5, 5.41) is 8.67. The van der Waals surface area contributed by atoms with Crippen molar-refractivity contribution in [1.29, 1.82) is 0 Å². The maximum absolute atomic E-state index is 11.0. The summed E-state index contributed by atoms with van der Waals surface area (Å²) in [5.74, 6) is -0.215. The third-order valence-corrected chi connectivity index (χ3v) is 1.73. The van der Waals surface area contributed by atoms with Crippen LogP contribution in [0.25, 0.3) is 0 Å². The van der Waals surface area contributed by atoms with E-state index in [0.717, 1.165) is 6.42 Å². The van der Waals surface area contributed by atoms with E-state index < -0.39 is 0 Å². The largest absolute Gasteiger partial charge is 0.463 e. The highest BCUT2D eigenvalue weighted by Gasteiger charge is 2.11. The van der Waals surface area contributed by atoms with E-state index in [1.165, 1.54) is 0 Å². The summed E-state index contributed by atoms with van der Waals surface area (Å²) < 4.78 is 5.02. The van der Waals surface area contributed by atoms with E-state index in [4.69, 9.17) is 9.84 Å². The molecule has 2 unspecified atom stereocenters. The van der Waals surface area contributed by atoms with Crippen LogP contribution in [0, 0.1) is 5.92 Å². The van der Waals surface area contributed by atoms with Gasteiger partial charge in [-0.2, -0.15) is 0 Å². The molecule has 1 N–H and O–H groups in total. The van der Waals surface area contributed by atoms with Crippen LogP contribution in [0.15, 0.2) is 0 Å². The molecule has 0 amide bonds. The van der Waals surface area contributed by atoms with Gasteiger partial charge in [-0.25, -0.2) is 0 Å². The van der Waals surface area contributed by atoms with E-state index in [1.54, 1.807) is 0 Å². The first kappa shape index (κ1) is 11.4. The molecule has 0 aromatic heterocycles. The number of aliphatic hydroxyl groups excluding tert-OH is 1. The Morgan fingerprint density at radius 1 is 1.50 bits per heavy atom. The van der Waals surface area contributed by atoms with Crippen LogP contribution in [-0.2, 0) is 9.53 Å². The van der Waals surface area contributed by atoms with Crippen molar-refractivity contribution in [3.05, 3.63) is 0 Å². The van der Waals surface area contributed by atoms with Crippen LogP contribution >= 0.6 is 0 Å². The van der Waals surface area contributed by atoms with Crippen molar-refractivity contribution in [2.24, 2.45) is 5.92 Å². The number of ether oxygens (including phenoxy) is 1. The Bertz CT molecular complexity index is 120. The molecule has 3 nitrogen and oxygen atoms in total. The average molecular weight is 174 g/mol. The Morgan fingerprint density at radius 3 is 2.50 bits per heavy atom. The molecule has 0 aliphatic heterocycles. The molecule has 0 spiro atoms. The number of carbonyl (C=O) groups excluding carboxylic acids is 1. The van der Waals surface area contributed by atoms with Crippen molar-refractivity contribution in [2.45, 2.75) is 39.7 Å². The molecular formula is C9H18O3. The Labute approximate surface area is 73.7 Å². The second-order valence-corrected chi connectivity index (χ2v) is 3.20. The SMILES string of the molecule is CCC(C)OC(=O)CC(C)CO. The molecule has 0 rings (SSSR count). The minimum atomic E-state index is -0.217. The molecule has 0 saturated carbocycles. The summed E-state index contributed by atoms with van der Waals surface area (Å²) in [5.41, 5.74) is 0. The van der Waals surface area contributed by atoms with Gasteiger partial charge in [-0.05, 0) is 19.3 Å². The van der Waals surface area contributed by atoms with Crippen molar-refractivity contribution in [3.8, 4) is 0 Å². The standard InChI is InChI=1S/C9H18O3/c1-4-8(3)12-9(11)5-7(2)6-10/h7-8,10H,4-6H2,1-3H3. The first-order valence-electron chi connectivity index (χ1n) is 4.40. The number of carbonyl (C=O) groups is 1. The van der Waals surface area contributed by atoms with E-state index in [1.807, 2.05) is 20.8 Å². The normalized spacial score (nSPS) is 15.3. The van der Waals surface area contributed by atoms with Gasteiger partial charge in [-0.3, -0.25) is 4.79 Å². The zero-order valence-corrected chi connectivity index (χ0v) is 8.04. The predicted molar refractivity (Wildman–Crippen MR) is 46.7 cm³/mol. The fraction of sp³-hybridized carbons (Fsp3) is 0.889. The minimum Gasteiger partial charge on any atom is -0.463 e. The third-order valence-electron chi connectivity index (χ3n) is 1.73. The second-order valence-electron chi connectivity index (χ2n) is 3.20. The molecule has 0 aromatic carbocycles. The van der Waals surface area contributed by atoms with Gasteiger partial charge >= 0.3 is 5.97 Å². The Kier molecular flexibility index (Phi) is 5.72. The molecule has 2 atom stereocenters. The molecular weight excluding hydrogens is 156 g/mol. The van der Waals surface area contributed by atoms with E-state index in [-0.39, 0.29) is 24.6 Å². The highest BCUT2D eigenvalue weighted by Crippen LogP contribution is 2.05. The zero-order valence-electron chi connectivity index (χ0n) is 8.04. The predicted octanol–water partition coefficient (Wildman–Crippen LogP) is 1.35. The summed E-state index contributed by atoms with van der Waals surface area (Å²) in [4.78, 5) is 11.0. The topological polar surface area (TPSA) is 46.5 Å². The van der Waals surface area contributed by atoms with Gasteiger partial charge in [0.25, 0.3) is 0 Å². The van der Waals surface area contributed by atoms with Gasteiger partial charge in [0.1, 0.15) is 0 Å². The average Bonchev–Trinajstić information content (AvgIpc) is 2.03. The second kappa shape index (κ2) is 6.00. The van der Waals surface area contributed by atoms with Crippen molar-refractivity contribution < 1.29 is 14.6 Å². The smallest absolute Gasteiger partial charge is 0.306 e. The number of aliphatic hydroxyl groups is 1. The highest BCUT2D eigenvalue weighted by atomic mass is 16.5. The van der Waals surface area contributed by atoms with Crippen LogP contribution in [0.2, 0.25) is 0 Å². The molecule has 0 saturated heterocycles. The lowest BCUT2D eigenvalue weighted by molar-refractivity contribution is -0.149. The number of hydrogen-bond acceptors (Lipinski definition) is 3. The monoisotopic (exact) mass is 174 g/mol. The van der Waals surface area contributed by atoms with E-state index in [9.17, 15) is 4.79 Å². The summed E-state index contributed by atoms with van der Waals surface area (Å²) in [6.45, 7) is 5.68. The highest BCUT2D eigenvalue weighted by molar-refractivity contribution is 5.69. The lowest BCUT2D eigenvalue weighted by Crippen LogP contribution is -2.17. The Morgan fingerprint density at radius 2 is 2.08 bits per heavy atom. The van der Waals surface area contributed by atoms with Crippen LogP contribution in [0.1, 0.15) is 33.6 Å². The molecule has 3 heteroatoms. The van der Waals surface area contributed by atoms with Crippen LogP contribution in [0.3, 0.4) is 0 Å². The van der Waals surface area contributed by atoms with Crippen molar-refractivity contribution in [2.75, 3.05) is 6.61 Å². The maximum Gasteiger partial charge on any atom is 0.306 e. The van der Waals surface area contributed by atoms with Gasteiger partial charge in [0.2, 0.25) is 0 Å². The lowest BCUT2D eigenvalue weighted by Gasteiger charge is -2.12. The van der Waals surface area contributed by atoms with Crippen LogP contribution in [0.5, 0.6) is 0 Å². The number of rotatable bonds is 5. The molecule has 0 radical (unpaired) electrons. The lowest BCUT2D eigenvalue weighted by atomic mass is 10.1. The maximum atomic E-state index is 11.0. The van der Waals surface area contributed by atoms with Gasteiger partial charge in [0.05, 0.1) is 12.5 Å². The molecule has 72 valence electrons. The van der Waals surface area contributed by atoms with Crippen molar-refractivity contribution in [1.82, 2.24) is 0 Å². The third kappa shape index (κ3) is 5.13. The summed E-state index contributed by atoms with van der Waals surface area (Å²) in [6, 6.07) is 0. The van der Waals surface area contributed by atoms with E-state index in [0.29, 0.717) is 6.42 Å². The summed E-state index contributed by atoms with van der Waals surface area (Å²) >= 11 is 0. The first-order chi connectivity index (χ1) is 5.60. The van der Waals surface area contributed by atoms with Crippen LogP contribution < -0.4 is 0 Å². The van der Waals surface area contributed by atoms with Gasteiger partial charge in [-0.1, -0.05) is 13.8 Å². The van der Waals surface area contributed by atoms with Gasteiger partial charge in [0, 0.05) is 6.61 Å². The van der Waals surface area contributed by atoms with E-state index >= 15 is 0 Å². The summed E-state index contributed by atoms with van der Waals surface area (Å²) in [7, 11) is 0. The molecule has 0 fully saturated rings. The van der Waals surface area contributed by atoms with E-state index in [2.05, 4.69) is 0 Å². The van der Waals surface area contributed by atoms with Gasteiger partial charge in [-0.15, -0.1) is 0 Å². The fourth-order valence-electron chi connectivity index (χ4n) is 0.705. The van der Waals surface area contributed by atoms with Crippen molar-refractivity contribution in [3.63, 3.8) is 0 Å². The van der Waals surface area contributed by atoms with Gasteiger partial charge in [0.15, 0.2) is 0 Å². The molecule has 0 aliphatic carbocycles. The fourth-order valence-corrected chi connectivity index (χ4v) is 0.705. The Hall–Kier alpha value is -0.570. The van der Waals surface area contributed by atoms with Crippen LogP contribution in [-0.4, -0.2) is 23.8 Å². The zero-order chi connectivity index (χ0) is 9.56. The molecule has 0 aliphatic rings. The van der Waals surface area contributed by atoms with Crippen LogP contribution in [0.4, 0.5) is 0 Å². The Balaban J connectivity index is 3.59. The molecule has 12 heavy (non-hydrogen) atoms. The van der Waals surface area contributed by atoms with Gasteiger partial charge < -0.3 is 9.84 Å². The molecule has 0 heterocycles. The quantitative estimate of drug-likeness (QED) is 0.640. The summed E-state index contributed by atoms with van der Waals surface area (Å²) in [6.07, 6.45) is 1.13. The minimum absolute atomic E-state index is 0.00144. The molecule has 0 bridgehead atoms.